The van der Waals surface area contributed by atoms with Crippen LogP contribution in [0.15, 0.2) is 48.5 Å². The molecule has 0 bridgehead atoms. The molecule has 0 radical (unpaired) electrons. The number of hydrogen-bond acceptors (Lipinski definition) is 1. The molecule has 2 aromatic carbocycles. The molecule has 0 aromatic heterocycles. The number of anilines is 2. The Labute approximate surface area is 152 Å². The average molecular weight is 363 g/mol. The first-order chi connectivity index (χ1) is 11.5. The summed E-state index contributed by atoms with van der Waals surface area (Å²) in [6.45, 7) is 2.11. The van der Waals surface area contributed by atoms with Crippen molar-refractivity contribution in [2.75, 3.05) is 10.2 Å². The number of rotatable bonds is 4. The molecule has 1 saturated carbocycles. The van der Waals surface area contributed by atoms with E-state index in [0.717, 1.165) is 11.4 Å². The third-order valence-corrected chi connectivity index (χ3v) is 5.16. The second-order valence-corrected chi connectivity index (χ2v) is 7.09. The van der Waals surface area contributed by atoms with E-state index in [-0.39, 0.29) is 12.1 Å². The van der Waals surface area contributed by atoms with Crippen molar-refractivity contribution in [2.24, 2.45) is 5.92 Å². The van der Waals surface area contributed by atoms with Gasteiger partial charge in [0.25, 0.3) is 0 Å². The summed E-state index contributed by atoms with van der Waals surface area (Å²) < 4.78 is 0. The number of carbonyl (C=O) groups excluding carboxylic acids is 1. The number of nitrogens with zero attached hydrogens (tertiary/aromatic N) is 1. The Bertz CT molecular complexity index is 696. The topological polar surface area (TPSA) is 32.3 Å². The van der Waals surface area contributed by atoms with E-state index >= 15 is 0 Å². The quantitative estimate of drug-likeness (QED) is 0.687. The minimum atomic E-state index is -0.140. The van der Waals surface area contributed by atoms with Crippen LogP contribution in [-0.4, -0.2) is 12.1 Å². The molecule has 1 unspecified atom stereocenters. The van der Waals surface area contributed by atoms with Crippen molar-refractivity contribution in [2.45, 2.75) is 32.2 Å². The maximum absolute atomic E-state index is 12.9. The summed E-state index contributed by atoms with van der Waals surface area (Å²) in [4.78, 5) is 14.7. The predicted molar refractivity (Wildman–Crippen MR) is 101 cm³/mol. The Morgan fingerprint density at radius 1 is 1.04 bits per heavy atom. The van der Waals surface area contributed by atoms with Gasteiger partial charge < -0.3 is 5.32 Å². The van der Waals surface area contributed by atoms with Gasteiger partial charge in [0, 0.05) is 27.5 Å². The predicted octanol–water partition coefficient (Wildman–Crippen LogP) is 6.22. The van der Waals surface area contributed by atoms with Gasteiger partial charge in [-0.3, -0.25) is 4.90 Å². The Morgan fingerprint density at radius 3 is 2.08 bits per heavy atom. The number of benzene rings is 2. The van der Waals surface area contributed by atoms with Crippen molar-refractivity contribution < 1.29 is 4.79 Å². The molecule has 1 atom stereocenters. The first-order valence-corrected chi connectivity index (χ1v) is 8.91. The van der Waals surface area contributed by atoms with Gasteiger partial charge in [-0.05, 0) is 74.2 Å². The molecule has 126 valence electrons. The fraction of sp³-hybridized carbons (Fsp3) is 0.316. The van der Waals surface area contributed by atoms with Gasteiger partial charge >= 0.3 is 6.03 Å². The van der Waals surface area contributed by atoms with Gasteiger partial charge in [-0.1, -0.05) is 29.6 Å². The summed E-state index contributed by atoms with van der Waals surface area (Å²) >= 11 is 11.9. The maximum Gasteiger partial charge on any atom is 0.326 e. The number of urea groups is 1. The molecular formula is C19H20Cl2N2O. The molecule has 2 aromatic rings. The SMILES string of the molecule is CC(C1CCC1)N(C(=O)Nc1ccc(Cl)cc1)c1ccc(Cl)cc1. The zero-order valence-corrected chi connectivity index (χ0v) is 15.0. The van der Waals surface area contributed by atoms with Crippen molar-refractivity contribution in [3.63, 3.8) is 0 Å². The molecule has 0 aliphatic heterocycles. The van der Waals surface area contributed by atoms with E-state index in [4.69, 9.17) is 23.2 Å². The number of nitrogens with one attached hydrogen (secondary N) is 1. The van der Waals surface area contributed by atoms with E-state index in [9.17, 15) is 4.79 Å². The van der Waals surface area contributed by atoms with E-state index < -0.39 is 0 Å². The van der Waals surface area contributed by atoms with Gasteiger partial charge in [-0.15, -0.1) is 0 Å². The van der Waals surface area contributed by atoms with Crippen molar-refractivity contribution in [1.29, 1.82) is 0 Å². The molecule has 24 heavy (non-hydrogen) atoms. The highest BCUT2D eigenvalue weighted by Gasteiger charge is 2.32. The molecule has 3 nitrogen and oxygen atoms in total. The molecule has 1 aliphatic rings. The molecule has 0 spiro atoms. The highest BCUT2D eigenvalue weighted by Crippen LogP contribution is 2.34. The lowest BCUT2D eigenvalue weighted by molar-refractivity contribution is 0.237. The number of halogens is 2. The minimum absolute atomic E-state index is 0.132. The van der Waals surface area contributed by atoms with Gasteiger partial charge in [0.15, 0.2) is 0 Å². The molecule has 1 fully saturated rings. The Kier molecular flexibility index (Phi) is 5.32. The summed E-state index contributed by atoms with van der Waals surface area (Å²) in [6, 6.07) is 14.5. The zero-order chi connectivity index (χ0) is 17.1. The second-order valence-electron chi connectivity index (χ2n) is 6.22. The first-order valence-electron chi connectivity index (χ1n) is 8.16. The third-order valence-electron chi connectivity index (χ3n) is 4.66. The van der Waals surface area contributed by atoms with Crippen molar-refractivity contribution in [1.82, 2.24) is 0 Å². The highest BCUT2D eigenvalue weighted by molar-refractivity contribution is 6.31. The van der Waals surface area contributed by atoms with Gasteiger partial charge in [0.2, 0.25) is 0 Å². The molecule has 0 heterocycles. The van der Waals surface area contributed by atoms with Crippen LogP contribution >= 0.6 is 23.2 Å². The van der Waals surface area contributed by atoms with Crippen LogP contribution in [0.5, 0.6) is 0 Å². The lowest BCUT2D eigenvalue weighted by Crippen LogP contribution is -2.47. The van der Waals surface area contributed by atoms with Gasteiger partial charge in [-0.2, -0.15) is 0 Å². The van der Waals surface area contributed by atoms with Crippen LogP contribution in [0.3, 0.4) is 0 Å². The van der Waals surface area contributed by atoms with E-state index in [2.05, 4.69) is 12.2 Å². The third kappa shape index (κ3) is 3.85. The molecule has 1 N–H and O–H groups in total. The van der Waals surface area contributed by atoms with Crippen molar-refractivity contribution >= 4 is 40.6 Å². The van der Waals surface area contributed by atoms with Crippen molar-refractivity contribution in [3.05, 3.63) is 58.6 Å². The lowest BCUT2D eigenvalue weighted by atomic mass is 9.79. The Morgan fingerprint density at radius 2 is 1.58 bits per heavy atom. The fourth-order valence-electron chi connectivity index (χ4n) is 2.99. The summed E-state index contributed by atoms with van der Waals surface area (Å²) in [7, 11) is 0. The van der Waals surface area contributed by atoms with Crippen LogP contribution in [0.2, 0.25) is 10.0 Å². The summed E-state index contributed by atoms with van der Waals surface area (Å²) in [5.41, 5.74) is 1.58. The monoisotopic (exact) mass is 362 g/mol. The summed E-state index contributed by atoms with van der Waals surface area (Å²) in [6.07, 6.45) is 3.57. The summed E-state index contributed by atoms with van der Waals surface area (Å²) in [5, 5.41) is 4.27. The van der Waals surface area contributed by atoms with Crippen LogP contribution in [0.4, 0.5) is 16.2 Å². The first kappa shape index (κ1) is 17.1. The fourth-order valence-corrected chi connectivity index (χ4v) is 3.24. The molecular weight excluding hydrogens is 343 g/mol. The number of hydrogen-bond donors (Lipinski definition) is 1. The van der Waals surface area contributed by atoms with E-state index in [1.807, 2.05) is 29.2 Å². The number of amides is 2. The van der Waals surface area contributed by atoms with Gasteiger partial charge in [-0.25, -0.2) is 4.79 Å². The standard InChI is InChI=1S/C19H20Cl2N2O/c1-13(14-3-2-4-14)23(18-11-7-16(21)8-12-18)19(24)22-17-9-5-15(20)6-10-17/h5-14H,2-4H2,1H3,(H,22,24). The average Bonchev–Trinajstić information content (AvgIpc) is 2.50. The van der Waals surface area contributed by atoms with Crippen LogP contribution < -0.4 is 10.2 Å². The van der Waals surface area contributed by atoms with Gasteiger partial charge in [0.05, 0.1) is 0 Å². The van der Waals surface area contributed by atoms with Crippen LogP contribution in [0, 0.1) is 5.92 Å². The Balaban J connectivity index is 1.83. The van der Waals surface area contributed by atoms with Crippen LogP contribution in [-0.2, 0) is 0 Å². The highest BCUT2D eigenvalue weighted by atomic mass is 35.5. The van der Waals surface area contributed by atoms with Crippen LogP contribution in [0.25, 0.3) is 0 Å². The zero-order valence-electron chi connectivity index (χ0n) is 13.5. The Hall–Kier alpha value is -1.71. The van der Waals surface area contributed by atoms with E-state index in [1.54, 1.807) is 24.3 Å². The molecule has 1 aliphatic carbocycles. The normalized spacial score (nSPS) is 15.5. The summed E-state index contributed by atoms with van der Waals surface area (Å²) in [5.74, 6) is 0.539. The van der Waals surface area contributed by atoms with E-state index in [0.29, 0.717) is 16.0 Å². The minimum Gasteiger partial charge on any atom is -0.308 e. The molecule has 3 rings (SSSR count). The lowest BCUT2D eigenvalue weighted by Gasteiger charge is -2.39. The van der Waals surface area contributed by atoms with Crippen molar-refractivity contribution in [3.8, 4) is 0 Å². The molecule has 0 saturated heterocycles. The van der Waals surface area contributed by atoms with E-state index in [1.165, 1.54) is 19.3 Å². The second kappa shape index (κ2) is 7.45. The van der Waals surface area contributed by atoms with Crippen LogP contribution in [0.1, 0.15) is 26.2 Å². The largest absolute Gasteiger partial charge is 0.326 e. The smallest absolute Gasteiger partial charge is 0.308 e. The number of carbonyl (C=O) groups is 1. The maximum atomic E-state index is 12.9. The molecule has 2 amide bonds. The molecule has 5 heteroatoms. The van der Waals surface area contributed by atoms with Gasteiger partial charge in [0.1, 0.15) is 0 Å².